The highest BCUT2D eigenvalue weighted by Crippen LogP contribution is 2.38. The summed E-state index contributed by atoms with van der Waals surface area (Å²) in [5.74, 6) is 0.0271. The lowest BCUT2D eigenvalue weighted by Crippen LogP contribution is -2.52. The van der Waals surface area contributed by atoms with Crippen molar-refractivity contribution in [1.29, 1.82) is 0 Å². The molecule has 3 rings (SSSR count). The van der Waals surface area contributed by atoms with Crippen molar-refractivity contribution in [2.24, 2.45) is 0 Å². The van der Waals surface area contributed by atoms with Crippen LogP contribution < -0.4 is 15.4 Å². The molecule has 0 bridgehead atoms. The number of carbonyl (C=O) groups is 3. The van der Waals surface area contributed by atoms with Crippen molar-refractivity contribution in [3.8, 4) is 5.75 Å². The first kappa shape index (κ1) is 27.0. The van der Waals surface area contributed by atoms with Crippen LogP contribution in [-0.4, -0.2) is 47.6 Å². The van der Waals surface area contributed by atoms with Crippen LogP contribution >= 0.6 is 0 Å². The maximum absolute atomic E-state index is 13.8. The number of alkyl carbamates (subject to hydrolysis) is 1. The molecule has 3 amide bonds. The van der Waals surface area contributed by atoms with E-state index >= 15 is 0 Å². The van der Waals surface area contributed by atoms with Crippen LogP contribution in [0.15, 0.2) is 42.5 Å². The molecule has 2 aromatic rings. The highest BCUT2D eigenvalue weighted by molar-refractivity contribution is 5.99. The third-order valence-corrected chi connectivity index (χ3v) is 6.00. The van der Waals surface area contributed by atoms with Gasteiger partial charge in [-0.3, -0.25) is 9.59 Å². The number of hydrogen-bond donors (Lipinski definition) is 2. The Morgan fingerprint density at radius 1 is 1.00 bits per heavy atom. The van der Waals surface area contributed by atoms with Gasteiger partial charge in [0.05, 0.1) is 7.11 Å². The van der Waals surface area contributed by atoms with Gasteiger partial charge in [0.2, 0.25) is 5.91 Å². The van der Waals surface area contributed by atoms with Gasteiger partial charge in [-0.1, -0.05) is 18.2 Å². The van der Waals surface area contributed by atoms with Crippen LogP contribution in [0.5, 0.6) is 5.75 Å². The quantitative estimate of drug-likeness (QED) is 0.543. The second-order valence-electron chi connectivity index (χ2n) is 10.3. The number of rotatable bonds is 8. The predicted octanol–water partition coefficient (Wildman–Crippen LogP) is 4.90. The van der Waals surface area contributed by atoms with Crippen LogP contribution in [-0.2, 0) is 14.3 Å². The van der Waals surface area contributed by atoms with Crippen molar-refractivity contribution in [2.45, 2.75) is 78.1 Å². The first-order valence-corrected chi connectivity index (χ1v) is 12.2. The molecule has 8 heteroatoms. The third-order valence-electron chi connectivity index (χ3n) is 6.00. The van der Waals surface area contributed by atoms with Gasteiger partial charge in [-0.25, -0.2) is 4.79 Å². The average Bonchev–Trinajstić information content (AvgIpc) is 3.62. The molecule has 0 spiro atoms. The number of benzene rings is 2. The number of amides is 3. The van der Waals surface area contributed by atoms with Crippen molar-refractivity contribution in [1.82, 2.24) is 10.2 Å². The van der Waals surface area contributed by atoms with Crippen LogP contribution in [0.4, 0.5) is 10.5 Å². The van der Waals surface area contributed by atoms with Gasteiger partial charge in [0, 0.05) is 11.7 Å². The number of hydrogen-bond acceptors (Lipinski definition) is 5. The minimum absolute atomic E-state index is 0.0917. The monoisotopic (exact) mass is 495 g/mol. The molecule has 0 heterocycles. The van der Waals surface area contributed by atoms with Crippen molar-refractivity contribution in [2.75, 3.05) is 12.4 Å². The predicted molar refractivity (Wildman–Crippen MR) is 139 cm³/mol. The molecule has 0 aliphatic heterocycles. The topological polar surface area (TPSA) is 97.0 Å². The van der Waals surface area contributed by atoms with Gasteiger partial charge in [-0.15, -0.1) is 0 Å². The Morgan fingerprint density at radius 3 is 2.08 bits per heavy atom. The number of anilines is 1. The summed E-state index contributed by atoms with van der Waals surface area (Å²) < 4.78 is 10.5. The second-order valence-corrected chi connectivity index (χ2v) is 10.3. The SMILES string of the molecule is COc1ccc(NC(=O)C(c2c(C)cccc2C)N(C(=O)C(C)NC(=O)OC(C)(C)C)C2CC2)cc1. The maximum Gasteiger partial charge on any atom is 0.408 e. The molecule has 0 saturated heterocycles. The minimum atomic E-state index is -0.874. The first-order chi connectivity index (χ1) is 16.9. The molecule has 1 fully saturated rings. The molecule has 2 aromatic carbocycles. The summed E-state index contributed by atoms with van der Waals surface area (Å²) in [4.78, 5) is 41.6. The highest BCUT2D eigenvalue weighted by atomic mass is 16.6. The lowest BCUT2D eigenvalue weighted by atomic mass is 9.93. The standard InChI is InChI=1S/C28H37N3O5/c1-17-9-8-10-18(2)23(17)24(25(32)30-20-11-15-22(35-7)16-12-20)31(21-13-14-21)26(33)19(3)29-27(34)36-28(4,5)6/h8-12,15-16,19,21,24H,13-14H2,1-7H3,(H,29,34)(H,30,32). The number of nitrogens with one attached hydrogen (secondary N) is 2. The second kappa shape index (κ2) is 11.0. The summed E-state index contributed by atoms with van der Waals surface area (Å²) in [5, 5.41) is 5.61. The Hall–Kier alpha value is -3.55. The minimum Gasteiger partial charge on any atom is -0.497 e. The Labute approximate surface area is 213 Å². The summed E-state index contributed by atoms with van der Waals surface area (Å²) >= 11 is 0. The maximum atomic E-state index is 13.8. The Balaban J connectivity index is 1.95. The molecule has 1 aliphatic rings. The molecule has 1 aliphatic carbocycles. The Kier molecular flexibility index (Phi) is 8.28. The third kappa shape index (κ3) is 6.77. The molecule has 0 aromatic heterocycles. The fourth-order valence-electron chi connectivity index (χ4n) is 4.18. The van der Waals surface area contributed by atoms with Crippen molar-refractivity contribution >= 4 is 23.6 Å². The van der Waals surface area contributed by atoms with E-state index in [0.29, 0.717) is 11.4 Å². The van der Waals surface area contributed by atoms with Crippen molar-refractivity contribution in [3.63, 3.8) is 0 Å². The van der Waals surface area contributed by atoms with Gasteiger partial charge in [-0.2, -0.15) is 0 Å². The fourth-order valence-corrected chi connectivity index (χ4v) is 4.18. The molecule has 2 N–H and O–H groups in total. The van der Waals surface area contributed by atoms with Crippen molar-refractivity contribution < 1.29 is 23.9 Å². The summed E-state index contributed by atoms with van der Waals surface area (Å²) in [6.45, 7) is 10.8. The molecule has 194 valence electrons. The van der Waals surface area contributed by atoms with E-state index in [1.807, 2.05) is 32.0 Å². The highest BCUT2D eigenvalue weighted by Gasteiger charge is 2.44. The summed E-state index contributed by atoms with van der Waals surface area (Å²) in [6.07, 6.45) is 0.912. The van der Waals surface area contributed by atoms with Gasteiger partial charge in [-0.05, 0) is 95.3 Å². The van der Waals surface area contributed by atoms with Crippen LogP contribution in [0.2, 0.25) is 0 Å². The molecule has 8 nitrogen and oxygen atoms in total. The average molecular weight is 496 g/mol. The van der Waals surface area contributed by atoms with Crippen molar-refractivity contribution in [3.05, 3.63) is 59.2 Å². The molecular weight excluding hydrogens is 458 g/mol. The van der Waals surface area contributed by atoms with Gasteiger partial charge in [0.1, 0.15) is 23.4 Å². The number of aryl methyl sites for hydroxylation is 2. The van der Waals surface area contributed by atoms with E-state index in [2.05, 4.69) is 10.6 Å². The smallest absolute Gasteiger partial charge is 0.408 e. The van der Waals surface area contributed by atoms with E-state index in [4.69, 9.17) is 9.47 Å². The van der Waals surface area contributed by atoms with Gasteiger partial charge in [0.15, 0.2) is 0 Å². The number of ether oxygens (including phenoxy) is 2. The Morgan fingerprint density at radius 2 is 1.58 bits per heavy atom. The molecule has 36 heavy (non-hydrogen) atoms. The van der Waals surface area contributed by atoms with Crippen LogP contribution in [0, 0.1) is 13.8 Å². The Bertz CT molecular complexity index is 1080. The van der Waals surface area contributed by atoms with E-state index in [9.17, 15) is 14.4 Å². The van der Waals surface area contributed by atoms with Crippen LogP contribution in [0.25, 0.3) is 0 Å². The molecule has 2 unspecified atom stereocenters. The van der Waals surface area contributed by atoms with Gasteiger partial charge in [0.25, 0.3) is 5.91 Å². The first-order valence-electron chi connectivity index (χ1n) is 12.2. The summed E-state index contributed by atoms with van der Waals surface area (Å²) in [6, 6.07) is 11.0. The summed E-state index contributed by atoms with van der Waals surface area (Å²) in [5.41, 5.74) is 2.52. The van der Waals surface area contributed by atoms with Gasteiger partial charge < -0.3 is 25.0 Å². The van der Waals surface area contributed by atoms with Crippen LogP contribution in [0.3, 0.4) is 0 Å². The molecule has 1 saturated carbocycles. The summed E-state index contributed by atoms with van der Waals surface area (Å²) in [7, 11) is 1.58. The van der Waals surface area contributed by atoms with E-state index in [0.717, 1.165) is 29.5 Å². The number of methoxy groups -OCH3 is 1. The van der Waals surface area contributed by atoms with Crippen LogP contribution in [0.1, 0.15) is 63.3 Å². The largest absolute Gasteiger partial charge is 0.497 e. The number of nitrogens with zero attached hydrogens (tertiary/aromatic N) is 1. The fraction of sp³-hybridized carbons (Fsp3) is 0.464. The zero-order valence-corrected chi connectivity index (χ0v) is 22.2. The molecular formula is C28H37N3O5. The zero-order chi connectivity index (χ0) is 26.6. The van der Waals surface area contributed by atoms with Gasteiger partial charge >= 0.3 is 6.09 Å². The normalized spacial score (nSPS) is 14.9. The van der Waals surface area contributed by atoms with E-state index in [1.165, 1.54) is 0 Å². The number of carbonyl (C=O) groups excluding carboxylic acids is 3. The lowest BCUT2D eigenvalue weighted by molar-refractivity contribution is -0.141. The molecule has 2 atom stereocenters. The molecule has 0 radical (unpaired) electrons. The lowest BCUT2D eigenvalue weighted by Gasteiger charge is -2.35. The zero-order valence-electron chi connectivity index (χ0n) is 22.2. The van der Waals surface area contributed by atoms with E-state index in [-0.39, 0.29) is 17.9 Å². The van der Waals surface area contributed by atoms with E-state index < -0.39 is 23.8 Å². The van der Waals surface area contributed by atoms with E-state index in [1.54, 1.807) is 64.0 Å².